The fourth-order valence-corrected chi connectivity index (χ4v) is 1.30. The number of hydrogen-bond acceptors (Lipinski definition) is 2. The average molecular weight is 216 g/mol. The Morgan fingerprint density at radius 2 is 2.27 bits per heavy atom. The van der Waals surface area contributed by atoms with Gasteiger partial charge in [-0.1, -0.05) is 12.1 Å². The number of benzene rings is 1. The van der Waals surface area contributed by atoms with Crippen molar-refractivity contribution in [3.8, 4) is 5.75 Å². The molecule has 1 rings (SSSR count). The minimum atomic E-state index is 0.290. The summed E-state index contributed by atoms with van der Waals surface area (Å²) in [7, 11) is 1.87. The third-order valence-electron chi connectivity index (χ3n) is 1.43. The number of halogens is 1. The van der Waals surface area contributed by atoms with Gasteiger partial charge in [-0.2, -0.15) is 0 Å². The Morgan fingerprint density at radius 1 is 1.55 bits per heavy atom. The Morgan fingerprint density at radius 3 is 2.91 bits per heavy atom. The van der Waals surface area contributed by atoms with Crippen LogP contribution < -0.4 is 5.32 Å². The van der Waals surface area contributed by atoms with Crippen LogP contribution in [0.3, 0.4) is 0 Å². The second kappa shape index (κ2) is 3.74. The zero-order chi connectivity index (χ0) is 8.27. The van der Waals surface area contributed by atoms with Gasteiger partial charge in [0.25, 0.3) is 0 Å². The molecule has 11 heavy (non-hydrogen) atoms. The van der Waals surface area contributed by atoms with Crippen LogP contribution >= 0.6 is 15.9 Å². The highest BCUT2D eigenvalue weighted by Gasteiger charge is 2.01. The van der Waals surface area contributed by atoms with Gasteiger partial charge in [0.15, 0.2) is 0 Å². The van der Waals surface area contributed by atoms with E-state index >= 15 is 0 Å². The predicted molar refractivity (Wildman–Crippen MR) is 48.6 cm³/mol. The van der Waals surface area contributed by atoms with Crippen molar-refractivity contribution in [2.75, 3.05) is 7.05 Å². The van der Waals surface area contributed by atoms with E-state index in [1.165, 1.54) is 0 Å². The summed E-state index contributed by atoms with van der Waals surface area (Å²) in [6.07, 6.45) is 0. The monoisotopic (exact) mass is 215 g/mol. The number of aromatic hydroxyl groups is 1. The van der Waals surface area contributed by atoms with Crippen molar-refractivity contribution in [1.29, 1.82) is 0 Å². The van der Waals surface area contributed by atoms with E-state index in [0.29, 0.717) is 0 Å². The van der Waals surface area contributed by atoms with Crippen molar-refractivity contribution in [1.82, 2.24) is 5.32 Å². The normalized spacial score (nSPS) is 10.0. The number of rotatable bonds is 2. The first-order chi connectivity index (χ1) is 5.25. The summed E-state index contributed by atoms with van der Waals surface area (Å²) in [5.41, 5.74) is 1.06. The van der Waals surface area contributed by atoms with E-state index in [4.69, 9.17) is 0 Å². The van der Waals surface area contributed by atoms with Gasteiger partial charge in [-0.05, 0) is 34.6 Å². The summed E-state index contributed by atoms with van der Waals surface area (Å²) in [5.74, 6) is 0.290. The molecule has 0 unspecified atom stereocenters. The fraction of sp³-hybridized carbons (Fsp3) is 0.250. The molecule has 2 N–H and O–H groups in total. The molecule has 0 saturated heterocycles. The Balaban J connectivity index is 2.96. The molecule has 1 aromatic rings. The van der Waals surface area contributed by atoms with Crippen LogP contribution in [0.5, 0.6) is 5.75 Å². The van der Waals surface area contributed by atoms with Crippen molar-refractivity contribution in [2.24, 2.45) is 0 Å². The summed E-state index contributed by atoms with van der Waals surface area (Å²) in [5, 5.41) is 12.3. The Hall–Kier alpha value is -0.540. The van der Waals surface area contributed by atoms with Gasteiger partial charge in [-0.25, -0.2) is 0 Å². The molecule has 0 radical (unpaired) electrons. The van der Waals surface area contributed by atoms with E-state index in [0.717, 1.165) is 16.6 Å². The first kappa shape index (κ1) is 8.56. The van der Waals surface area contributed by atoms with Crippen molar-refractivity contribution >= 4 is 15.9 Å². The molecule has 0 aliphatic carbocycles. The van der Waals surface area contributed by atoms with Crippen LogP contribution in [0.25, 0.3) is 0 Å². The molecule has 0 spiro atoms. The molecule has 1 aromatic carbocycles. The standard InChI is InChI=1S/C8H10BrNO/c1-10-5-6-3-2-4-7(11)8(6)9/h2-4,10-11H,5H2,1H3. The lowest BCUT2D eigenvalue weighted by atomic mass is 10.2. The summed E-state index contributed by atoms with van der Waals surface area (Å²) in [6, 6.07) is 5.44. The molecule has 0 aliphatic heterocycles. The summed E-state index contributed by atoms with van der Waals surface area (Å²) in [6.45, 7) is 0.759. The van der Waals surface area contributed by atoms with Crippen LogP contribution in [0.4, 0.5) is 0 Å². The zero-order valence-corrected chi connectivity index (χ0v) is 7.85. The van der Waals surface area contributed by atoms with Crippen molar-refractivity contribution < 1.29 is 5.11 Å². The minimum absolute atomic E-state index is 0.290. The molecule has 3 heteroatoms. The van der Waals surface area contributed by atoms with Crippen molar-refractivity contribution in [3.05, 3.63) is 28.2 Å². The number of phenolic OH excluding ortho intramolecular Hbond substituents is 1. The molecule has 60 valence electrons. The molecule has 0 amide bonds. The lowest BCUT2D eigenvalue weighted by molar-refractivity contribution is 0.470. The topological polar surface area (TPSA) is 32.3 Å². The molecular formula is C8H10BrNO. The SMILES string of the molecule is CNCc1cccc(O)c1Br. The maximum absolute atomic E-state index is 9.25. The second-order valence-corrected chi connectivity index (χ2v) is 3.07. The first-order valence-electron chi connectivity index (χ1n) is 3.36. The number of phenols is 1. The van der Waals surface area contributed by atoms with Gasteiger partial charge in [0, 0.05) is 6.54 Å². The van der Waals surface area contributed by atoms with Crippen LogP contribution in [-0.4, -0.2) is 12.2 Å². The van der Waals surface area contributed by atoms with Crippen molar-refractivity contribution in [2.45, 2.75) is 6.54 Å². The van der Waals surface area contributed by atoms with E-state index < -0.39 is 0 Å². The number of nitrogens with one attached hydrogen (secondary N) is 1. The van der Waals surface area contributed by atoms with Crippen molar-refractivity contribution in [3.63, 3.8) is 0 Å². The van der Waals surface area contributed by atoms with E-state index in [9.17, 15) is 5.11 Å². The summed E-state index contributed by atoms with van der Waals surface area (Å²) < 4.78 is 0.773. The summed E-state index contributed by atoms with van der Waals surface area (Å²) in [4.78, 5) is 0. The van der Waals surface area contributed by atoms with Gasteiger partial charge < -0.3 is 10.4 Å². The molecular weight excluding hydrogens is 206 g/mol. The molecule has 2 nitrogen and oxygen atoms in total. The van der Waals surface area contributed by atoms with Crippen LogP contribution in [0, 0.1) is 0 Å². The van der Waals surface area contributed by atoms with E-state index in [-0.39, 0.29) is 5.75 Å². The smallest absolute Gasteiger partial charge is 0.130 e. The third kappa shape index (κ3) is 1.94. The number of hydrogen-bond donors (Lipinski definition) is 2. The quantitative estimate of drug-likeness (QED) is 0.790. The predicted octanol–water partition coefficient (Wildman–Crippen LogP) is 1.87. The molecule has 0 atom stereocenters. The molecule has 0 aliphatic rings. The van der Waals surface area contributed by atoms with E-state index in [2.05, 4.69) is 21.2 Å². The molecule has 0 fully saturated rings. The third-order valence-corrected chi connectivity index (χ3v) is 2.34. The Labute approximate surface area is 74.4 Å². The summed E-state index contributed by atoms with van der Waals surface area (Å²) >= 11 is 3.29. The zero-order valence-electron chi connectivity index (χ0n) is 6.26. The lowest BCUT2D eigenvalue weighted by Gasteiger charge is -2.03. The van der Waals surface area contributed by atoms with Gasteiger partial charge in [0.05, 0.1) is 4.47 Å². The molecule has 0 heterocycles. The van der Waals surface area contributed by atoms with Gasteiger partial charge in [0.1, 0.15) is 5.75 Å². The molecule has 0 bridgehead atoms. The fourth-order valence-electron chi connectivity index (χ4n) is 0.893. The van der Waals surface area contributed by atoms with Gasteiger partial charge >= 0.3 is 0 Å². The highest BCUT2D eigenvalue weighted by molar-refractivity contribution is 9.10. The maximum atomic E-state index is 9.25. The highest BCUT2D eigenvalue weighted by atomic mass is 79.9. The molecule has 0 saturated carbocycles. The van der Waals surface area contributed by atoms with E-state index in [1.54, 1.807) is 6.07 Å². The van der Waals surface area contributed by atoms with Gasteiger partial charge in [-0.3, -0.25) is 0 Å². The van der Waals surface area contributed by atoms with Crippen LogP contribution in [0.1, 0.15) is 5.56 Å². The average Bonchev–Trinajstić information content (AvgIpc) is 1.99. The van der Waals surface area contributed by atoms with Gasteiger partial charge in [0.2, 0.25) is 0 Å². The lowest BCUT2D eigenvalue weighted by Crippen LogP contribution is -2.05. The first-order valence-corrected chi connectivity index (χ1v) is 4.16. The molecule has 0 aromatic heterocycles. The van der Waals surface area contributed by atoms with Crippen LogP contribution in [-0.2, 0) is 6.54 Å². The second-order valence-electron chi connectivity index (χ2n) is 2.28. The van der Waals surface area contributed by atoms with Crippen LogP contribution in [0.15, 0.2) is 22.7 Å². The van der Waals surface area contributed by atoms with Gasteiger partial charge in [-0.15, -0.1) is 0 Å². The minimum Gasteiger partial charge on any atom is -0.507 e. The Bertz CT molecular complexity index is 250. The van der Waals surface area contributed by atoms with E-state index in [1.807, 2.05) is 19.2 Å². The largest absolute Gasteiger partial charge is 0.507 e. The Kier molecular flexibility index (Phi) is 2.91. The maximum Gasteiger partial charge on any atom is 0.130 e. The van der Waals surface area contributed by atoms with Crippen LogP contribution in [0.2, 0.25) is 0 Å². The highest BCUT2D eigenvalue weighted by Crippen LogP contribution is 2.26.